The van der Waals surface area contributed by atoms with E-state index in [-0.39, 0.29) is 74.2 Å². The van der Waals surface area contributed by atoms with Crippen molar-refractivity contribution in [1.82, 2.24) is 0 Å². The number of hydrogen-bond donors (Lipinski definition) is 3. The van der Waals surface area contributed by atoms with Crippen molar-refractivity contribution < 1.29 is 101 Å². The van der Waals surface area contributed by atoms with Crippen molar-refractivity contribution in [2.24, 2.45) is 0 Å². The maximum atomic E-state index is 13.4. The van der Waals surface area contributed by atoms with Crippen LogP contribution in [0.3, 0.4) is 0 Å². The van der Waals surface area contributed by atoms with Gasteiger partial charge >= 0.3 is 18.5 Å². The van der Waals surface area contributed by atoms with Gasteiger partial charge in [0.1, 0.15) is 35.2 Å². The maximum absolute atomic E-state index is 13.4. The zero-order valence-corrected chi connectivity index (χ0v) is 61.4. The van der Waals surface area contributed by atoms with Crippen LogP contribution < -0.4 is 49.6 Å². The number of alkyl halides is 9. The van der Waals surface area contributed by atoms with Crippen molar-refractivity contribution in [2.45, 2.75) is 128 Å². The highest BCUT2D eigenvalue weighted by Gasteiger charge is 2.45. The number of benzene rings is 6. The van der Waals surface area contributed by atoms with E-state index in [0.717, 1.165) is 83.4 Å². The molecule has 0 saturated heterocycles. The van der Waals surface area contributed by atoms with Crippen molar-refractivity contribution >= 4 is 80.4 Å². The molecule has 12 rings (SSSR count). The molecule has 0 bridgehead atoms. The number of carbonyl (C=O) groups is 5. The summed E-state index contributed by atoms with van der Waals surface area (Å²) in [4.78, 5) is 69.4. The first kappa shape index (κ1) is 80.6. The Kier molecular flexibility index (Phi) is 25.2. The molecule has 0 radical (unpaired) electrons. The lowest BCUT2D eigenvalue weighted by Crippen LogP contribution is -2.47. The Morgan fingerprint density at radius 3 is 1.19 bits per heavy atom. The number of anilines is 6. The Labute approximate surface area is 620 Å². The molecule has 3 N–H and O–H groups in total. The van der Waals surface area contributed by atoms with Gasteiger partial charge in [-0.05, 0) is 153 Å². The van der Waals surface area contributed by atoms with E-state index in [1.807, 2.05) is 58.9 Å². The maximum Gasteiger partial charge on any atom is 0.416 e. The number of methoxy groups -OCH3 is 4. The second-order valence-corrected chi connectivity index (χ2v) is 26.9. The largest absolute Gasteiger partial charge is 0.490 e. The standard InChI is InChI=1S/C27H29F3N2O5.C27H29F3N2O3.C26H29F3N2O5/c1-4-32-22-7-5-6-21(20(22)10-11-25(32)34)31-24(33)12-17-14-26(15-35-2,16-36-3)37-23-13-18(27(28,29)30)8-9-19(17)23;1-4-26(5-2)16-17(19-11-10-18(27(28,29)30)15-23(19)35-26)14-24(33)31-21-8-7-9-22-20(21)12-13-25(34)32(22)6-3;1-4-31-9-10-35-22-8-6-19(13-21(22)31)30-24(32)11-17-14-25(15-33-2,16-34-3)36-23-12-18(26(27,28)29)5-7-20(17)23/h5-9,12-13H,4,10-11,14-16H2,1-3H3,(H,31,33);7-11,14-15H,4-6,12-13,16H2,1-3H3,(H,31,33);5-8,11-13H,4,9-10,14-16H2,1-3H3,(H,30,32)/b17-12+;17-14+;17-11+. The third-order valence-corrected chi connectivity index (χ3v) is 19.7. The molecule has 6 heterocycles. The number of fused-ring (bicyclic) bond motifs is 6. The molecule has 6 aromatic carbocycles. The van der Waals surface area contributed by atoms with Crippen LogP contribution in [-0.2, 0) is 74.3 Å². The van der Waals surface area contributed by atoms with E-state index in [0.29, 0.717) is 115 Å². The second kappa shape index (κ2) is 33.7. The topological polar surface area (TPSA) is 205 Å². The molecule has 19 nitrogen and oxygen atoms in total. The fourth-order valence-electron chi connectivity index (χ4n) is 14.5. The number of hydrogen-bond acceptors (Lipinski definition) is 14. The van der Waals surface area contributed by atoms with Gasteiger partial charge in [-0.15, -0.1) is 0 Å². The van der Waals surface area contributed by atoms with E-state index < -0.39 is 63.8 Å². The summed E-state index contributed by atoms with van der Waals surface area (Å²) in [6, 6.07) is 26.2. The first-order valence-electron chi connectivity index (χ1n) is 35.5. The highest BCUT2D eigenvalue weighted by atomic mass is 19.4. The van der Waals surface area contributed by atoms with E-state index in [9.17, 15) is 63.5 Å². The van der Waals surface area contributed by atoms with Gasteiger partial charge in [-0.3, -0.25) is 24.0 Å². The summed E-state index contributed by atoms with van der Waals surface area (Å²) in [7, 11) is 5.86. The molecule has 0 atom stereocenters. The van der Waals surface area contributed by atoms with Gasteiger partial charge in [-0.25, -0.2) is 0 Å². The van der Waals surface area contributed by atoms with Crippen molar-refractivity contribution in [3.63, 3.8) is 0 Å². The van der Waals surface area contributed by atoms with Gasteiger partial charge in [0.15, 0.2) is 11.2 Å². The van der Waals surface area contributed by atoms with Gasteiger partial charge in [-0.1, -0.05) is 44.2 Å². The van der Waals surface area contributed by atoms with E-state index in [2.05, 4.69) is 20.9 Å². The summed E-state index contributed by atoms with van der Waals surface area (Å²) >= 11 is 0. The number of amides is 5. The summed E-state index contributed by atoms with van der Waals surface area (Å²) in [5.41, 5.74) is 3.61. The lowest BCUT2D eigenvalue weighted by Gasteiger charge is -2.39. The molecule has 0 fully saturated rings. The number of ether oxygens (including phenoxy) is 8. The number of halogens is 9. The van der Waals surface area contributed by atoms with Crippen LogP contribution in [0.5, 0.6) is 23.0 Å². The lowest BCUT2D eigenvalue weighted by molar-refractivity contribution is -0.138. The molecule has 6 aromatic rings. The highest BCUT2D eigenvalue weighted by Crippen LogP contribution is 2.49. The van der Waals surface area contributed by atoms with E-state index >= 15 is 0 Å². The molecule has 6 aliphatic rings. The summed E-state index contributed by atoms with van der Waals surface area (Å²) in [5, 5.41) is 8.69. The average molecular weight is 1510 g/mol. The van der Waals surface area contributed by atoms with Gasteiger partial charge < -0.3 is 68.5 Å². The quantitative estimate of drug-likeness (QED) is 0.0510. The van der Waals surface area contributed by atoms with Crippen LogP contribution in [-0.4, -0.2) is 134 Å². The SMILES string of the molecule is CCN1C(=O)CCc2c(NC(=O)/C=C3\CC(CC)(CC)Oc4cc(C(F)(F)F)ccc43)cccc21.CCN1C(=O)CCc2c(NC(=O)/C=C3\CC(COC)(COC)Oc4cc(C(F)(F)F)ccc43)cccc21.CCN1CCOc2ccc(NC(=O)/C=C3\CC(COC)(COC)Oc4cc(C(F)(F)F)ccc43)cc21. The fourth-order valence-corrected chi connectivity index (χ4v) is 14.5. The third kappa shape index (κ3) is 18.3. The van der Waals surface area contributed by atoms with Crippen LogP contribution in [0, 0.1) is 0 Å². The Hall–Kier alpha value is -9.90. The summed E-state index contributed by atoms with van der Waals surface area (Å²) in [6.07, 6.45) is -5.62. The lowest BCUT2D eigenvalue weighted by atomic mass is 9.82. The normalized spacial score (nSPS) is 17.8. The molecule has 0 aromatic heterocycles. The Morgan fingerprint density at radius 2 is 0.833 bits per heavy atom. The molecular formula is C80H87F9N6O13. The number of nitrogens with zero attached hydrogens (tertiary/aromatic N) is 3. The highest BCUT2D eigenvalue weighted by molar-refractivity contribution is 6.08. The zero-order valence-electron chi connectivity index (χ0n) is 61.4. The van der Waals surface area contributed by atoms with Gasteiger partial charge in [0.05, 0.1) is 55.4 Å². The van der Waals surface area contributed by atoms with E-state index in [4.69, 9.17) is 37.9 Å². The molecule has 0 saturated carbocycles. The predicted molar refractivity (Wildman–Crippen MR) is 392 cm³/mol. The van der Waals surface area contributed by atoms with Crippen LogP contribution in [0.25, 0.3) is 16.7 Å². The average Bonchev–Trinajstić information content (AvgIpc) is 0.776. The number of rotatable bonds is 19. The Bertz CT molecular complexity index is 4420. The minimum Gasteiger partial charge on any atom is -0.490 e. The Balaban J connectivity index is 0.000000173. The monoisotopic (exact) mass is 1510 g/mol. The van der Waals surface area contributed by atoms with Gasteiger partial charge in [0.25, 0.3) is 0 Å². The van der Waals surface area contributed by atoms with Crippen LogP contribution >= 0.6 is 0 Å². The van der Waals surface area contributed by atoms with E-state index in [1.54, 1.807) is 40.1 Å². The molecule has 0 aliphatic carbocycles. The van der Waals surface area contributed by atoms with Crippen LogP contribution in [0.4, 0.5) is 73.6 Å². The second-order valence-electron chi connectivity index (χ2n) is 26.9. The zero-order chi connectivity index (χ0) is 78.1. The summed E-state index contributed by atoms with van der Waals surface area (Å²) in [5.74, 6) is -0.228. The number of carbonyl (C=O) groups excluding carboxylic acids is 5. The van der Waals surface area contributed by atoms with Gasteiger partial charge in [-0.2, -0.15) is 39.5 Å². The molecule has 6 aliphatic heterocycles. The van der Waals surface area contributed by atoms with Crippen molar-refractivity contribution in [1.29, 1.82) is 0 Å². The molecule has 28 heteroatoms. The smallest absolute Gasteiger partial charge is 0.416 e. The number of nitrogens with one attached hydrogen (secondary N) is 3. The third-order valence-electron chi connectivity index (χ3n) is 19.7. The first-order chi connectivity index (χ1) is 51.4. The molecule has 578 valence electrons. The van der Waals surface area contributed by atoms with Gasteiger partial charge in [0, 0.05) is 144 Å². The van der Waals surface area contributed by atoms with Crippen LogP contribution in [0.15, 0.2) is 127 Å². The predicted octanol–water partition coefficient (Wildman–Crippen LogP) is 16.0. The molecule has 108 heavy (non-hydrogen) atoms. The minimum atomic E-state index is -4.55. The van der Waals surface area contributed by atoms with Gasteiger partial charge in [0.2, 0.25) is 29.5 Å². The Morgan fingerprint density at radius 1 is 0.454 bits per heavy atom. The molecular weight excluding hydrogens is 1420 g/mol. The van der Waals surface area contributed by atoms with Crippen LogP contribution in [0.2, 0.25) is 0 Å². The molecule has 0 unspecified atom stereocenters. The van der Waals surface area contributed by atoms with Crippen molar-refractivity contribution in [2.75, 3.05) is 118 Å². The summed E-state index contributed by atoms with van der Waals surface area (Å²) < 4.78 is 165. The molecule has 0 spiro atoms. The summed E-state index contributed by atoms with van der Waals surface area (Å²) in [6.45, 7) is 13.1. The van der Waals surface area contributed by atoms with Crippen LogP contribution in [0.1, 0.15) is 124 Å². The minimum absolute atomic E-state index is 0.00316. The molecule has 5 amide bonds. The first-order valence-corrected chi connectivity index (χ1v) is 35.5. The van der Waals surface area contributed by atoms with Crippen molar-refractivity contribution in [3.8, 4) is 23.0 Å². The van der Waals surface area contributed by atoms with Crippen molar-refractivity contribution in [3.05, 3.63) is 172 Å². The number of likely N-dealkylation sites (N-methyl/N-ethyl adjacent to an activating group) is 1. The van der Waals surface area contributed by atoms with E-state index in [1.165, 1.54) is 64.9 Å². The fraction of sp³-hybridized carbons (Fsp3) is 0.412.